The minimum atomic E-state index is -0.452. The van der Waals surface area contributed by atoms with Gasteiger partial charge in [0.05, 0.1) is 4.92 Å². The second-order valence-electron chi connectivity index (χ2n) is 12.1. The molecule has 9 nitrogen and oxygen atoms in total. The number of benzene rings is 3. The Morgan fingerprint density at radius 3 is 2.20 bits per heavy atom. The number of hydrogen-bond acceptors (Lipinski definition) is 6. The Morgan fingerprint density at radius 2 is 1.59 bits per heavy atom. The first-order chi connectivity index (χ1) is 21.8. The van der Waals surface area contributed by atoms with E-state index in [1.54, 1.807) is 23.1 Å². The van der Waals surface area contributed by atoms with E-state index in [9.17, 15) is 19.7 Å². The number of hydrogen-bond donors (Lipinski definition) is 0. The summed E-state index contributed by atoms with van der Waals surface area (Å²) < 4.78 is 5.60. The van der Waals surface area contributed by atoms with Crippen LogP contribution in [0.25, 0.3) is 0 Å². The Morgan fingerprint density at radius 1 is 0.957 bits per heavy atom. The quantitative estimate of drug-likeness (QED) is 0.127. The smallest absolute Gasteiger partial charge is 0.410 e. The summed E-state index contributed by atoms with van der Waals surface area (Å²) in [6.45, 7) is 6.98. The fraction of sp³-hybridized carbons (Fsp3) is 0.389. The fourth-order valence-electron chi connectivity index (χ4n) is 6.87. The third kappa shape index (κ3) is 8.53. The van der Waals surface area contributed by atoms with E-state index in [2.05, 4.69) is 35.7 Å². The van der Waals surface area contributed by atoms with E-state index in [0.29, 0.717) is 23.9 Å². The molecule has 1 aliphatic carbocycles. The first kappa shape index (κ1) is 34.7. The monoisotopic (exact) mass is 646 g/mol. The van der Waals surface area contributed by atoms with Crippen molar-refractivity contribution >= 4 is 30.1 Å². The van der Waals surface area contributed by atoms with Crippen molar-refractivity contribution in [1.29, 1.82) is 0 Å². The molecular weight excluding hydrogens is 604 g/mol. The molecule has 1 saturated carbocycles. The zero-order chi connectivity index (χ0) is 31.8. The van der Waals surface area contributed by atoms with E-state index in [1.165, 1.54) is 17.7 Å². The number of likely N-dealkylation sites (tertiary alicyclic amines) is 1. The number of nitrogens with zero attached hydrogens (tertiary/aromatic N) is 4. The lowest BCUT2D eigenvalue weighted by atomic mass is 9.88. The molecule has 5 rings (SSSR count). The van der Waals surface area contributed by atoms with Gasteiger partial charge in [0, 0.05) is 63.0 Å². The number of carbonyl (C=O) groups is 2. The molecule has 3 unspecified atom stereocenters. The van der Waals surface area contributed by atoms with Crippen LogP contribution in [0.5, 0.6) is 0 Å². The van der Waals surface area contributed by atoms with Gasteiger partial charge in [-0.15, -0.1) is 19.0 Å². The molecule has 10 heteroatoms. The fourth-order valence-corrected chi connectivity index (χ4v) is 6.87. The van der Waals surface area contributed by atoms with Gasteiger partial charge in [-0.2, -0.15) is 0 Å². The van der Waals surface area contributed by atoms with E-state index in [0.717, 1.165) is 50.9 Å². The molecule has 46 heavy (non-hydrogen) atoms. The number of nitro benzene ring substituents is 1. The number of carbonyl (C=O) groups excluding carboxylic acids is 2. The van der Waals surface area contributed by atoms with Crippen molar-refractivity contribution in [2.75, 3.05) is 33.2 Å². The number of piperidine rings is 1. The summed E-state index contributed by atoms with van der Waals surface area (Å²) in [6, 6.07) is 26.4. The molecule has 0 radical (unpaired) electrons. The summed E-state index contributed by atoms with van der Waals surface area (Å²) in [4.78, 5) is 43.0. The third-order valence-corrected chi connectivity index (χ3v) is 9.35. The molecule has 3 aromatic carbocycles. The maximum absolute atomic E-state index is 13.3. The van der Waals surface area contributed by atoms with Crippen LogP contribution in [0.4, 0.5) is 10.5 Å². The lowest BCUT2D eigenvalue weighted by Crippen LogP contribution is -2.48. The van der Waals surface area contributed by atoms with E-state index in [4.69, 9.17) is 4.74 Å². The number of non-ortho nitro benzene ring substituents is 1. The molecular formula is C36H43ClN4O5. The molecule has 2 fully saturated rings. The highest BCUT2D eigenvalue weighted by Crippen LogP contribution is 2.42. The normalized spacial score (nSPS) is 19.9. The van der Waals surface area contributed by atoms with Crippen LogP contribution in [-0.2, 0) is 11.3 Å². The van der Waals surface area contributed by atoms with Crippen LogP contribution in [0, 0.1) is 16.0 Å². The molecule has 3 atom stereocenters. The van der Waals surface area contributed by atoms with Gasteiger partial charge < -0.3 is 19.4 Å². The molecule has 244 valence electrons. The SMILES string of the molecule is C=CCN(C(=O)OCc1ccc([N+](=O)[O-])cc1)C1CCN(CC2CC(N(C)C(=O)c3ccccc3)CC2c2ccccc2)CC1.Cl. The van der Waals surface area contributed by atoms with Crippen molar-refractivity contribution in [3.63, 3.8) is 0 Å². The Labute approximate surface area is 277 Å². The average Bonchev–Trinajstić information content (AvgIpc) is 3.50. The van der Waals surface area contributed by atoms with E-state index >= 15 is 0 Å². The van der Waals surface area contributed by atoms with Crippen molar-refractivity contribution in [2.45, 2.75) is 50.3 Å². The third-order valence-electron chi connectivity index (χ3n) is 9.35. The summed E-state index contributed by atoms with van der Waals surface area (Å²) in [5.41, 5.74) is 2.74. The Balaban J connectivity index is 0.00000480. The largest absolute Gasteiger partial charge is 0.445 e. The van der Waals surface area contributed by atoms with Crippen molar-refractivity contribution in [1.82, 2.24) is 14.7 Å². The summed E-state index contributed by atoms with van der Waals surface area (Å²) >= 11 is 0. The molecule has 3 aromatic rings. The lowest BCUT2D eigenvalue weighted by molar-refractivity contribution is -0.384. The van der Waals surface area contributed by atoms with Crippen molar-refractivity contribution in [3.8, 4) is 0 Å². The zero-order valence-electron chi connectivity index (χ0n) is 26.3. The Hall–Kier alpha value is -4.21. The van der Waals surface area contributed by atoms with Gasteiger partial charge in [-0.1, -0.05) is 54.6 Å². The van der Waals surface area contributed by atoms with Crippen LogP contribution in [0.3, 0.4) is 0 Å². The molecule has 1 aliphatic heterocycles. The van der Waals surface area contributed by atoms with Gasteiger partial charge in [0.15, 0.2) is 0 Å². The van der Waals surface area contributed by atoms with E-state index in [1.807, 2.05) is 48.3 Å². The van der Waals surface area contributed by atoms with E-state index in [-0.39, 0.29) is 42.7 Å². The van der Waals surface area contributed by atoms with Crippen molar-refractivity contribution in [2.24, 2.45) is 5.92 Å². The predicted octanol–water partition coefficient (Wildman–Crippen LogP) is 6.94. The van der Waals surface area contributed by atoms with Crippen LogP contribution in [0.15, 0.2) is 97.6 Å². The first-order valence-electron chi connectivity index (χ1n) is 15.7. The van der Waals surface area contributed by atoms with Crippen molar-refractivity contribution < 1.29 is 19.2 Å². The Kier molecular flexibility index (Phi) is 12.3. The second kappa shape index (κ2) is 16.4. The highest BCUT2D eigenvalue weighted by molar-refractivity contribution is 5.94. The average molecular weight is 647 g/mol. The minimum Gasteiger partial charge on any atom is -0.445 e. The molecule has 1 heterocycles. The second-order valence-corrected chi connectivity index (χ2v) is 12.1. The van der Waals surface area contributed by atoms with Gasteiger partial charge in [0.2, 0.25) is 0 Å². The first-order valence-corrected chi connectivity index (χ1v) is 15.7. The maximum atomic E-state index is 13.3. The maximum Gasteiger partial charge on any atom is 0.410 e. The standard InChI is InChI=1S/C36H42N4O5.ClH/c1-3-20-39(36(42)45-26-27-14-16-32(17-15-27)40(43)44)31-18-21-38(22-19-31)25-30-23-33(24-34(30)28-10-6-4-7-11-28)37(2)35(41)29-12-8-5-9-13-29;/h3-17,30-31,33-34H,1,18-26H2,2H3;1H. The van der Waals surface area contributed by atoms with Gasteiger partial charge in [-0.25, -0.2) is 4.79 Å². The van der Waals surface area contributed by atoms with Crippen LogP contribution >= 0.6 is 12.4 Å². The van der Waals surface area contributed by atoms with Gasteiger partial charge >= 0.3 is 6.09 Å². The van der Waals surface area contributed by atoms with Crippen molar-refractivity contribution in [3.05, 3.63) is 124 Å². The predicted molar refractivity (Wildman–Crippen MR) is 181 cm³/mol. The minimum absolute atomic E-state index is 0. The van der Waals surface area contributed by atoms with Crippen LogP contribution in [0.1, 0.15) is 53.1 Å². The molecule has 0 aromatic heterocycles. The van der Waals surface area contributed by atoms with E-state index < -0.39 is 11.0 Å². The van der Waals surface area contributed by atoms with Crippen LogP contribution in [0.2, 0.25) is 0 Å². The number of ether oxygens (including phenoxy) is 1. The number of amides is 2. The van der Waals surface area contributed by atoms with Crippen LogP contribution in [-0.4, -0.2) is 76.9 Å². The molecule has 1 saturated heterocycles. The topological polar surface area (TPSA) is 96.2 Å². The number of nitro groups is 1. The molecule has 2 amide bonds. The Bertz CT molecular complexity index is 1450. The lowest BCUT2D eigenvalue weighted by Gasteiger charge is -2.39. The summed E-state index contributed by atoms with van der Waals surface area (Å²) in [6.07, 6.45) is 4.87. The molecule has 0 bridgehead atoms. The van der Waals surface area contributed by atoms with Gasteiger partial charge in [0.25, 0.3) is 11.6 Å². The summed E-state index contributed by atoms with van der Waals surface area (Å²) in [5, 5.41) is 10.9. The molecule has 0 N–H and O–H groups in total. The molecule has 0 spiro atoms. The summed E-state index contributed by atoms with van der Waals surface area (Å²) in [5.74, 6) is 0.846. The highest BCUT2D eigenvalue weighted by atomic mass is 35.5. The van der Waals surface area contributed by atoms with Gasteiger partial charge in [-0.3, -0.25) is 14.9 Å². The molecule has 2 aliphatic rings. The zero-order valence-corrected chi connectivity index (χ0v) is 27.1. The highest BCUT2D eigenvalue weighted by Gasteiger charge is 2.40. The van der Waals surface area contributed by atoms with Crippen LogP contribution < -0.4 is 0 Å². The number of rotatable bonds is 11. The van der Waals surface area contributed by atoms with Gasteiger partial charge in [0.1, 0.15) is 6.61 Å². The number of halogens is 1. The van der Waals surface area contributed by atoms with Gasteiger partial charge in [-0.05, 0) is 72.9 Å². The summed E-state index contributed by atoms with van der Waals surface area (Å²) in [7, 11) is 1.94.